The molecular formula is C30H29NO7. The van der Waals surface area contributed by atoms with Gasteiger partial charge in [0.1, 0.15) is 17.3 Å². The number of carbonyl (C=O) groups excluding carboxylic acids is 2. The van der Waals surface area contributed by atoms with Crippen LogP contribution in [0.25, 0.3) is 5.76 Å². The summed E-state index contributed by atoms with van der Waals surface area (Å²) >= 11 is 0. The molecule has 2 aliphatic rings. The van der Waals surface area contributed by atoms with Crippen LogP contribution in [0, 0.1) is 0 Å². The van der Waals surface area contributed by atoms with Crippen LogP contribution in [0.15, 0.2) is 66.2 Å². The molecular weight excluding hydrogens is 486 g/mol. The van der Waals surface area contributed by atoms with Crippen molar-refractivity contribution in [1.82, 2.24) is 4.90 Å². The maximum Gasteiger partial charge on any atom is 0.295 e. The summed E-state index contributed by atoms with van der Waals surface area (Å²) in [7, 11) is 4.65. The largest absolute Gasteiger partial charge is 0.507 e. The Balaban J connectivity index is 1.61. The van der Waals surface area contributed by atoms with Crippen LogP contribution in [0.2, 0.25) is 0 Å². The molecule has 3 aromatic carbocycles. The lowest BCUT2D eigenvalue weighted by Crippen LogP contribution is -2.29. The number of hydrogen-bond acceptors (Lipinski definition) is 7. The quantitative estimate of drug-likeness (QED) is 0.278. The lowest BCUT2D eigenvalue weighted by Gasteiger charge is -2.26. The minimum Gasteiger partial charge on any atom is -0.507 e. The van der Waals surface area contributed by atoms with Gasteiger partial charge in [-0.1, -0.05) is 18.2 Å². The van der Waals surface area contributed by atoms with Crippen LogP contribution in [-0.2, 0) is 22.6 Å². The Labute approximate surface area is 221 Å². The van der Waals surface area contributed by atoms with Gasteiger partial charge in [0.25, 0.3) is 11.7 Å². The number of fused-ring (bicyclic) bond motifs is 1. The summed E-state index contributed by atoms with van der Waals surface area (Å²) in [5.74, 6) is 0.836. The number of Topliss-reactive ketones (excluding diaryl/α,β-unsaturated/α-hetero) is 1. The van der Waals surface area contributed by atoms with Gasteiger partial charge in [0.2, 0.25) is 0 Å². The highest BCUT2D eigenvalue weighted by molar-refractivity contribution is 6.46. The molecule has 5 rings (SSSR count). The SMILES string of the molecule is COc1ccc(C2/C(=C(/O)c3ccc4c(c3)CCCO4)C(=O)C(=O)N2Cc2ccc(OC)c(OC)c2)cc1. The van der Waals surface area contributed by atoms with Crippen molar-refractivity contribution < 1.29 is 33.6 Å². The first kappa shape index (κ1) is 25.2. The molecule has 196 valence electrons. The molecule has 1 amide bonds. The first-order valence-corrected chi connectivity index (χ1v) is 12.3. The molecule has 0 radical (unpaired) electrons. The molecule has 2 aliphatic heterocycles. The van der Waals surface area contributed by atoms with Gasteiger partial charge in [0.05, 0.1) is 39.6 Å². The van der Waals surface area contributed by atoms with Crippen LogP contribution in [-0.4, -0.2) is 49.6 Å². The second-order valence-electron chi connectivity index (χ2n) is 9.16. The molecule has 2 heterocycles. The predicted molar refractivity (Wildman–Crippen MR) is 141 cm³/mol. The van der Waals surface area contributed by atoms with Crippen LogP contribution in [0.5, 0.6) is 23.0 Å². The van der Waals surface area contributed by atoms with Crippen molar-refractivity contribution in [3.63, 3.8) is 0 Å². The zero-order valence-electron chi connectivity index (χ0n) is 21.5. The van der Waals surface area contributed by atoms with E-state index in [1.807, 2.05) is 12.1 Å². The molecule has 0 saturated carbocycles. The number of ether oxygens (including phenoxy) is 4. The van der Waals surface area contributed by atoms with Gasteiger partial charge in [0, 0.05) is 12.1 Å². The number of aliphatic hydroxyl groups excluding tert-OH is 1. The zero-order chi connectivity index (χ0) is 26.8. The van der Waals surface area contributed by atoms with Crippen LogP contribution < -0.4 is 18.9 Å². The summed E-state index contributed by atoms with van der Waals surface area (Å²) in [6.07, 6.45) is 1.69. The highest BCUT2D eigenvalue weighted by atomic mass is 16.5. The maximum atomic E-state index is 13.4. The van der Waals surface area contributed by atoms with Crippen LogP contribution in [0.3, 0.4) is 0 Å². The van der Waals surface area contributed by atoms with Crippen LogP contribution in [0.4, 0.5) is 0 Å². The van der Waals surface area contributed by atoms with E-state index in [2.05, 4.69) is 0 Å². The van der Waals surface area contributed by atoms with Crippen molar-refractivity contribution in [3.05, 3.63) is 88.5 Å². The Hall–Kier alpha value is -4.46. The summed E-state index contributed by atoms with van der Waals surface area (Å²) in [5, 5.41) is 11.5. The number of methoxy groups -OCH3 is 3. The van der Waals surface area contributed by atoms with E-state index in [9.17, 15) is 14.7 Å². The molecule has 3 aromatic rings. The average Bonchev–Trinajstić information content (AvgIpc) is 3.21. The Morgan fingerprint density at radius 1 is 0.947 bits per heavy atom. The Morgan fingerprint density at radius 3 is 2.42 bits per heavy atom. The number of hydrogen-bond donors (Lipinski definition) is 1. The third-order valence-corrected chi connectivity index (χ3v) is 6.95. The van der Waals surface area contributed by atoms with Gasteiger partial charge in [-0.2, -0.15) is 0 Å². The number of likely N-dealkylation sites (tertiary alicyclic amines) is 1. The minimum absolute atomic E-state index is 0.0392. The van der Waals surface area contributed by atoms with E-state index >= 15 is 0 Å². The number of aliphatic hydroxyl groups is 1. The molecule has 0 spiro atoms. The van der Waals surface area contributed by atoms with Crippen molar-refractivity contribution in [1.29, 1.82) is 0 Å². The summed E-state index contributed by atoms with van der Waals surface area (Å²) < 4.78 is 21.7. The van der Waals surface area contributed by atoms with E-state index in [4.69, 9.17) is 18.9 Å². The van der Waals surface area contributed by atoms with E-state index in [0.717, 1.165) is 29.7 Å². The number of aryl methyl sites for hydroxylation is 1. The molecule has 0 aromatic heterocycles. The fraction of sp³-hybridized carbons (Fsp3) is 0.267. The third-order valence-electron chi connectivity index (χ3n) is 6.95. The normalized spacial score (nSPS) is 18.1. The highest BCUT2D eigenvalue weighted by Gasteiger charge is 2.46. The van der Waals surface area contributed by atoms with Gasteiger partial charge in [0.15, 0.2) is 11.5 Å². The second-order valence-corrected chi connectivity index (χ2v) is 9.16. The fourth-order valence-corrected chi connectivity index (χ4v) is 5.01. The number of rotatable bonds is 7. The summed E-state index contributed by atoms with van der Waals surface area (Å²) in [5.41, 5.74) is 2.89. The van der Waals surface area contributed by atoms with Crippen molar-refractivity contribution in [2.24, 2.45) is 0 Å². The lowest BCUT2D eigenvalue weighted by molar-refractivity contribution is -0.140. The average molecular weight is 516 g/mol. The Bertz CT molecular complexity index is 1410. The molecule has 1 saturated heterocycles. The molecule has 1 atom stereocenters. The molecule has 0 aliphatic carbocycles. The first-order valence-electron chi connectivity index (χ1n) is 12.3. The van der Waals surface area contributed by atoms with Crippen molar-refractivity contribution in [2.75, 3.05) is 27.9 Å². The Kier molecular flexibility index (Phi) is 6.96. The number of ketones is 1. The number of nitrogens with zero attached hydrogens (tertiary/aromatic N) is 1. The number of amides is 1. The standard InChI is InChI=1S/C30H29NO7/c1-35-22-10-7-19(8-11-22)27-26(28(32)21-9-13-23-20(16-21)5-4-14-38-23)29(33)30(34)31(27)17-18-6-12-24(36-2)25(15-18)37-3/h6-13,15-16,27,32H,4-5,14,17H2,1-3H3/b28-26-. The van der Waals surface area contributed by atoms with Crippen LogP contribution in [0.1, 0.15) is 34.7 Å². The van der Waals surface area contributed by atoms with E-state index in [1.165, 1.54) is 12.0 Å². The molecule has 8 heteroatoms. The zero-order valence-corrected chi connectivity index (χ0v) is 21.5. The van der Waals surface area contributed by atoms with E-state index in [-0.39, 0.29) is 17.9 Å². The monoisotopic (exact) mass is 515 g/mol. The third kappa shape index (κ3) is 4.53. The van der Waals surface area contributed by atoms with E-state index < -0.39 is 17.7 Å². The van der Waals surface area contributed by atoms with Gasteiger partial charge in [-0.15, -0.1) is 0 Å². The van der Waals surface area contributed by atoms with Crippen molar-refractivity contribution in [3.8, 4) is 23.0 Å². The van der Waals surface area contributed by atoms with Crippen molar-refractivity contribution in [2.45, 2.75) is 25.4 Å². The molecule has 38 heavy (non-hydrogen) atoms. The summed E-state index contributed by atoms with van der Waals surface area (Å²) in [6.45, 7) is 0.771. The smallest absolute Gasteiger partial charge is 0.295 e. The van der Waals surface area contributed by atoms with Gasteiger partial charge >= 0.3 is 0 Å². The second kappa shape index (κ2) is 10.5. The van der Waals surface area contributed by atoms with E-state index in [0.29, 0.717) is 35.0 Å². The highest BCUT2D eigenvalue weighted by Crippen LogP contribution is 2.42. The number of carbonyl (C=O) groups is 2. The summed E-state index contributed by atoms with van der Waals surface area (Å²) in [6, 6.07) is 17.0. The van der Waals surface area contributed by atoms with Gasteiger partial charge in [-0.3, -0.25) is 9.59 Å². The molecule has 1 N–H and O–H groups in total. The maximum absolute atomic E-state index is 13.4. The first-order chi connectivity index (χ1) is 18.4. The molecule has 0 bridgehead atoms. The van der Waals surface area contributed by atoms with Crippen LogP contribution >= 0.6 is 0 Å². The molecule has 1 fully saturated rings. The molecule has 1 unspecified atom stereocenters. The summed E-state index contributed by atoms with van der Waals surface area (Å²) in [4.78, 5) is 28.3. The van der Waals surface area contributed by atoms with Crippen molar-refractivity contribution >= 4 is 17.4 Å². The van der Waals surface area contributed by atoms with Gasteiger partial charge in [-0.25, -0.2) is 0 Å². The Morgan fingerprint density at radius 2 is 1.71 bits per heavy atom. The molecule has 8 nitrogen and oxygen atoms in total. The topological polar surface area (TPSA) is 94.5 Å². The van der Waals surface area contributed by atoms with Gasteiger partial charge < -0.3 is 29.0 Å². The minimum atomic E-state index is -0.804. The van der Waals surface area contributed by atoms with Gasteiger partial charge in [-0.05, 0) is 72.0 Å². The predicted octanol–water partition coefficient (Wildman–Crippen LogP) is 4.66. The number of benzene rings is 3. The lowest BCUT2D eigenvalue weighted by atomic mass is 9.94. The fourth-order valence-electron chi connectivity index (χ4n) is 5.01. The van der Waals surface area contributed by atoms with E-state index in [1.54, 1.807) is 62.8 Å².